The van der Waals surface area contributed by atoms with Gasteiger partial charge in [-0.25, -0.2) is 0 Å². The first-order chi connectivity index (χ1) is 12.2. The number of halogens is 3. The average Bonchev–Trinajstić information content (AvgIpc) is 2.61. The van der Waals surface area contributed by atoms with Crippen LogP contribution in [0.15, 0.2) is 18.2 Å². The van der Waals surface area contributed by atoms with E-state index in [9.17, 15) is 28.1 Å². The maximum Gasteiger partial charge on any atom is 0.416 e. The van der Waals surface area contributed by atoms with Gasteiger partial charge in [0.2, 0.25) is 5.91 Å². The number of rotatable bonds is 5. The topological polar surface area (TPSA) is 66.7 Å². The highest BCUT2D eigenvalue weighted by Crippen LogP contribution is 2.37. The van der Waals surface area contributed by atoms with Gasteiger partial charge in [0.15, 0.2) is 0 Å². The zero-order chi connectivity index (χ0) is 19.5. The number of carbonyl (C=O) groups is 1. The molecule has 6 nitrogen and oxygen atoms in total. The molecular weight excluding hydrogens is 351 g/mol. The Morgan fingerprint density at radius 1 is 1.27 bits per heavy atom. The third-order valence-corrected chi connectivity index (χ3v) is 4.76. The van der Waals surface area contributed by atoms with Crippen LogP contribution in [0.5, 0.6) is 0 Å². The standard InChI is InChI=1S/C17H22F3N3O3/c1-3-21(4-2)16(24)12-7-9-22(10-8-12)14-6-5-13(17(18,19)20)11-15(14)23(25)26/h5-6,11-12H,3-4,7-10H2,1-2H3. The van der Waals surface area contributed by atoms with Crippen LogP contribution in [-0.2, 0) is 11.0 Å². The van der Waals surface area contributed by atoms with E-state index in [-0.39, 0.29) is 17.5 Å². The van der Waals surface area contributed by atoms with Gasteiger partial charge in [0.05, 0.1) is 10.5 Å². The van der Waals surface area contributed by atoms with Crippen molar-refractivity contribution < 1.29 is 22.9 Å². The smallest absolute Gasteiger partial charge is 0.366 e. The summed E-state index contributed by atoms with van der Waals surface area (Å²) >= 11 is 0. The first-order valence-electron chi connectivity index (χ1n) is 8.58. The monoisotopic (exact) mass is 373 g/mol. The number of hydrogen-bond donors (Lipinski definition) is 0. The van der Waals surface area contributed by atoms with Gasteiger partial charge in [-0.2, -0.15) is 13.2 Å². The van der Waals surface area contributed by atoms with Crippen LogP contribution < -0.4 is 4.90 Å². The number of nitro benzene ring substituents is 1. The highest BCUT2D eigenvalue weighted by Gasteiger charge is 2.35. The molecule has 1 aromatic rings. The van der Waals surface area contributed by atoms with E-state index in [4.69, 9.17) is 0 Å². The summed E-state index contributed by atoms with van der Waals surface area (Å²) in [5, 5.41) is 11.2. The quantitative estimate of drug-likeness (QED) is 0.583. The molecule has 144 valence electrons. The Labute approximate surface area is 149 Å². The van der Waals surface area contributed by atoms with Crippen LogP contribution in [0.3, 0.4) is 0 Å². The van der Waals surface area contributed by atoms with Crippen LogP contribution in [0.1, 0.15) is 32.3 Å². The van der Waals surface area contributed by atoms with Crippen LogP contribution in [0.4, 0.5) is 24.5 Å². The molecule has 1 heterocycles. The van der Waals surface area contributed by atoms with Crippen LogP contribution >= 0.6 is 0 Å². The van der Waals surface area contributed by atoms with Crippen molar-refractivity contribution >= 4 is 17.3 Å². The number of alkyl halides is 3. The minimum atomic E-state index is -4.63. The van der Waals surface area contributed by atoms with Gasteiger partial charge in [-0.1, -0.05) is 0 Å². The molecule has 0 saturated carbocycles. The lowest BCUT2D eigenvalue weighted by Crippen LogP contribution is -2.42. The predicted octanol–water partition coefficient (Wildman–Crippen LogP) is 3.70. The van der Waals surface area contributed by atoms with Crippen molar-refractivity contribution in [1.82, 2.24) is 4.90 Å². The molecule has 1 saturated heterocycles. The van der Waals surface area contributed by atoms with E-state index in [1.165, 1.54) is 0 Å². The van der Waals surface area contributed by atoms with Crippen LogP contribution in [0.2, 0.25) is 0 Å². The van der Waals surface area contributed by atoms with Crippen LogP contribution in [0, 0.1) is 16.0 Å². The van der Waals surface area contributed by atoms with Gasteiger partial charge in [-0.3, -0.25) is 14.9 Å². The van der Waals surface area contributed by atoms with E-state index in [2.05, 4.69) is 0 Å². The molecule has 1 aliphatic rings. The summed E-state index contributed by atoms with van der Waals surface area (Å²) < 4.78 is 38.4. The molecule has 1 amide bonds. The summed E-state index contributed by atoms with van der Waals surface area (Å²) in [7, 11) is 0. The molecule has 0 aromatic heterocycles. The Balaban J connectivity index is 2.16. The largest absolute Gasteiger partial charge is 0.416 e. The second-order valence-electron chi connectivity index (χ2n) is 6.23. The van der Waals surface area contributed by atoms with Crippen molar-refractivity contribution in [3.05, 3.63) is 33.9 Å². The molecule has 2 rings (SSSR count). The van der Waals surface area contributed by atoms with Crippen molar-refractivity contribution in [1.29, 1.82) is 0 Å². The summed E-state index contributed by atoms with van der Waals surface area (Å²) in [5.41, 5.74) is -1.44. The van der Waals surface area contributed by atoms with Gasteiger partial charge >= 0.3 is 6.18 Å². The highest BCUT2D eigenvalue weighted by atomic mass is 19.4. The van der Waals surface area contributed by atoms with E-state index < -0.39 is 22.4 Å². The lowest BCUT2D eigenvalue weighted by atomic mass is 9.94. The molecule has 26 heavy (non-hydrogen) atoms. The van der Waals surface area contributed by atoms with Gasteiger partial charge in [-0.05, 0) is 38.8 Å². The number of nitro groups is 1. The summed E-state index contributed by atoms with van der Waals surface area (Å²) in [6.45, 7) is 5.85. The van der Waals surface area contributed by atoms with Crippen molar-refractivity contribution in [3.8, 4) is 0 Å². The Kier molecular flexibility index (Phi) is 6.09. The van der Waals surface area contributed by atoms with Gasteiger partial charge in [0, 0.05) is 38.2 Å². The molecular formula is C17H22F3N3O3. The minimum Gasteiger partial charge on any atom is -0.366 e. The number of hydrogen-bond acceptors (Lipinski definition) is 4. The molecule has 9 heteroatoms. The van der Waals surface area contributed by atoms with Gasteiger partial charge < -0.3 is 9.80 Å². The Morgan fingerprint density at radius 2 is 1.85 bits per heavy atom. The fraction of sp³-hybridized carbons (Fsp3) is 0.588. The number of nitrogens with zero attached hydrogens (tertiary/aromatic N) is 3. The van der Waals surface area contributed by atoms with E-state index in [1.807, 2.05) is 13.8 Å². The minimum absolute atomic E-state index is 0.0663. The zero-order valence-electron chi connectivity index (χ0n) is 14.8. The van der Waals surface area contributed by atoms with E-state index >= 15 is 0 Å². The Morgan fingerprint density at radius 3 is 2.31 bits per heavy atom. The van der Waals surface area contributed by atoms with Crippen molar-refractivity contribution in [2.45, 2.75) is 32.9 Å². The number of carbonyl (C=O) groups excluding carboxylic acids is 1. The van der Waals surface area contributed by atoms with Crippen molar-refractivity contribution in [2.75, 3.05) is 31.1 Å². The average molecular weight is 373 g/mol. The van der Waals surface area contributed by atoms with E-state index in [0.717, 1.165) is 12.1 Å². The van der Waals surface area contributed by atoms with Gasteiger partial charge in [-0.15, -0.1) is 0 Å². The second-order valence-corrected chi connectivity index (χ2v) is 6.23. The van der Waals surface area contributed by atoms with Crippen molar-refractivity contribution in [3.63, 3.8) is 0 Å². The first-order valence-corrected chi connectivity index (χ1v) is 8.58. The van der Waals surface area contributed by atoms with E-state index in [1.54, 1.807) is 9.80 Å². The van der Waals surface area contributed by atoms with E-state index in [0.29, 0.717) is 45.1 Å². The summed E-state index contributed by atoms with van der Waals surface area (Å²) in [6, 6.07) is 2.57. The molecule has 0 N–H and O–H groups in total. The third-order valence-electron chi connectivity index (χ3n) is 4.76. The SMILES string of the molecule is CCN(CC)C(=O)C1CCN(c2ccc(C(F)(F)F)cc2[N+](=O)[O-])CC1. The Hall–Kier alpha value is -2.32. The fourth-order valence-corrected chi connectivity index (χ4v) is 3.27. The Bertz CT molecular complexity index is 667. The number of amides is 1. The fourth-order valence-electron chi connectivity index (χ4n) is 3.27. The molecule has 0 radical (unpaired) electrons. The molecule has 1 fully saturated rings. The van der Waals surface area contributed by atoms with Crippen LogP contribution in [-0.4, -0.2) is 41.9 Å². The normalized spacial score (nSPS) is 15.8. The molecule has 0 atom stereocenters. The second kappa shape index (κ2) is 7.92. The molecule has 0 spiro atoms. The number of anilines is 1. The first kappa shape index (κ1) is 20.0. The summed E-state index contributed by atoms with van der Waals surface area (Å²) in [4.78, 5) is 26.3. The summed E-state index contributed by atoms with van der Waals surface area (Å²) in [5.74, 6) is -0.0868. The zero-order valence-corrected chi connectivity index (χ0v) is 14.8. The summed E-state index contributed by atoms with van der Waals surface area (Å²) in [6.07, 6.45) is -3.59. The van der Waals surface area contributed by atoms with Gasteiger partial charge in [0.25, 0.3) is 5.69 Å². The predicted molar refractivity (Wildman–Crippen MR) is 91.0 cm³/mol. The van der Waals surface area contributed by atoms with Crippen LogP contribution in [0.25, 0.3) is 0 Å². The lowest BCUT2D eigenvalue weighted by Gasteiger charge is -2.34. The number of benzene rings is 1. The lowest BCUT2D eigenvalue weighted by molar-refractivity contribution is -0.384. The maximum absolute atomic E-state index is 12.8. The molecule has 0 aliphatic carbocycles. The molecule has 0 unspecified atom stereocenters. The third kappa shape index (κ3) is 4.25. The van der Waals surface area contributed by atoms with Gasteiger partial charge in [0.1, 0.15) is 5.69 Å². The molecule has 1 aliphatic heterocycles. The highest BCUT2D eigenvalue weighted by molar-refractivity contribution is 5.79. The molecule has 1 aromatic carbocycles. The molecule has 0 bridgehead atoms. The van der Waals surface area contributed by atoms with Crippen molar-refractivity contribution in [2.24, 2.45) is 5.92 Å². The number of piperidine rings is 1. The maximum atomic E-state index is 12.8.